The van der Waals surface area contributed by atoms with Gasteiger partial charge in [-0.2, -0.15) is 0 Å². The van der Waals surface area contributed by atoms with E-state index in [-0.39, 0.29) is 0 Å². The van der Waals surface area contributed by atoms with Crippen LogP contribution in [0.3, 0.4) is 0 Å². The van der Waals surface area contributed by atoms with Crippen molar-refractivity contribution >= 4 is 0 Å². The highest BCUT2D eigenvalue weighted by atomic mass is 14.8. The van der Waals surface area contributed by atoms with Crippen molar-refractivity contribution in [3.8, 4) is 0 Å². The maximum absolute atomic E-state index is 2.50. The third-order valence-corrected chi connectivity index (χ3v) is 4.22. The summed E-state index contributed by atoms with van der Waals surface area (Å²) in [5, 5.41) is 0. The fourth-order valence-electron chi connectivity index (χ4n) is 3.47. The van der Waals surface area contributed by atoms with Crippen molar-refractivity contribution in [2.45, 2.75) is 26.2 Å². The molecule has 3 rings (SSSR count). The van der Waals surface area contributed by atoms with Crippen LogP contribution in [0.15, 0.2) is 0 Å². The summed E-state index contributed by atoms with van der Waals surface area (Å²) in [5.41, 5.74) is 0.917. The molecule has 3 saturated carbocycles. The standard InChI is InChI=1S/C8H12/c1-8-5-2-3-6(8)7(8)4-5/h5-7H,2-4H2,1H3/t5-,6?,7?,8?/m1/s1. The minimum absolute atomic E-state index is 0.917. The second-order valence-corrected chi connectivity index (χ2v) is 4.09. The van der Waals surface area contributed by atoms with Crippen LogP contribution in [0, 0.1) is 23.2 Å². The molecule has 0 N–H and O–H groups in total. The van der Waals surface area contributed by atoms with Gasteiger partial charge in [-0.3, -0.25) is 0 Å². The van der Waals surface area contributed by atoms with Crippen LogP contribution >= 0.6 is 0 Å². The summed E-state index contributed by atoms with van der Waals surface area (Å²) < 4.78 is 0. The third-order valence-electron chi connectivity index (χ3n) is 4.22. The van der Waals surface area contributed by atoms with E-state index in [0.29, 0.717) is 0 Å². The van der Waals surface area contributed by atoms with Gasteiger partial charge in [-0.1, -0.05) is 6.92 Å². The molecule has 0 radical (unpaired) electrons. The molecule has 0 amide bonds. The fraction of sp³-hybridized carbons (Fsp3) is 1.00. The average Bonchev–Trinajstić information content (AvgIpc) is 2.13. The zero-order chi connectivity index (χ0) is 5.35. The van der Waals surface area contributed by atoms with Gasteiger partial charge in [0.1, 0.15) is 0 Å². The highest BCUT2D eigenvalue weighted by Gasteiger charge is 2.75. The van der Waals surface area contributed by atoms with Crippen molar-refractivity contribution in [2.75, 3.05) is 0 Å². The van der Waals surface area contributed by atoms with Crippen LogP contribution in [-0.2, 0) is 0 Å². The Hall–Kier alpha value is 0. The van der Waals surface area contributed by atoms with E-state index in [2.05, 4.69) is 6.92 Å². The predicted octanol–water partition coefficient (Wildman–Crippen LogP) is 2.05. The largest absolute Gasteiger partial charge is 0.0588 e. The predicted molar refractivity (Wildman–Crippen MR) is 32.4 cm³/mol. The van der Waals surface area contributed by atoms with Gasteiger partial charge in [-0.25, -0.2) is 0 Å². The molecule has 44 valence electrons. The van der Waals surface area contributed by atoms with Crippen molar-refractivity contribution in [2.24, 2.45) is 23.2 Å². The topological polar surface area (TPSA) is 0 Å². The maximum atomic E-state index is 2.50. The molecule has 3 aliphatic rings. The van der Waals surface area contributed by atoms with E-state index in [1.165, 1.54) is 17.8 Å². The van der Waals surface area contributed by atoms with Crippen LogP contribution in [0.1, 0.15) is 26.2 Å². The highest BCUT2D eigenvalue weighted by molar-refractivity contribution is 5.23. The lowest BCUT2D eigenvalue weighted by Gasteiger charge is -2.31. The lowest BCUT2D eigenvalue weighted by atomic mass is 9.74. The summed E-state index contributed by atoms with van der Waals surface area (Å²) in [4.78, 5) is 0. The Labute approximate surface area is 50.3 Å². The summed E-state index contributed by atoms with van der Waals surface area (Å²) in [6, 6.07) is 0. The lowest BCUT2D eigenvalue weighted by molar-refractivity contribution is 0.179. The van der Waals surface area contributed by atoms with Gasteiger partial charge in [0.2, 0.25) is 0 Å². The molecule has 8 heavy (non-hydrogen) atoms. The Morgan fingerprint density at radius 2 is 2.12 bits per heavy atom. The molecule has 0 heteroatoms. The molecular weight excluding hydrogens is 96.1 g/mol. The van der Waals surface area contributed by atoms with Crippen molar-refractivity contribution < 1.29 is 0 Å². The summed E-state index contributed by atoms with van der Waals surface area (Å²) in [6.07, 6.45) is 4.74. The number of fused-ring (bicyclic) bond motifs is 1. The van der Waals surface area contributed by atoms with E-state index in [9.17, 15) is 0 Å². The first-order chi connectivity index (χ1) is 3.83. The second kappa shape index (κ2) is 0.778. The van der Waals surface area contributed by atoms with Gasteiger partial charge in [0.05, 0.1) is 0 Å². The molecule has 0 aliphatic heterocycles. The van der Waals surface area contributed by atoms with Gasteiger partial charge in [-0.05, 0) is 42.4 Å². The van der Waals surface area contributed by atoms with E-state index in [0.717, 1.165) is 5.41 Å². The SMILES string of the molecule is CC12C3CC[C@@H]1CC32. The maximum Gasteiger partial charge on any atom is -0.0235 e. The van der Waals surface area contributed by atoms with Crippen LogP contribution in [0.25, 0.3) is 0 Å². The normalized spacial score (nSPS) is 73.9. The van der Waals surface area contributed by atoms with Crippen LogP contribution in [0.2, 0.25) is 0 Å². The summed E-state index contributed by atoms with van der Waals surface area (Å²) in [7, 11) is 0. The van der Waals surface area contributed by atoms with Crippen molar-refractivity contribution in [1.82, 2.24) is 0 Å². The minimum atomic E-state index is 0.917. The molecule has 0 aromatic carbocycles. The first-order valence-electron chi connectivity index (χ1n) is 3.83. The zero-order valence-electron chi connectivity index (χ0n) is 5.35. The third kappa shape index (κ3) is 0.178. The molecule has 0 nitrogen and oxygen atoms in total. The number of hydrogen-bond acceptors (Lipinski definition) is 0. The van der Waals surface area contributed by atoms with E-state index < -0.39 is 0 Å². The summed E-state index contributed by atoms with van der Waals surface area (Å²) in [5.74, 6) is 3.59. The highest BCUT2D eigenvalue weighted by Crippen LogP contribution is 2.81. The monoisotopic (exact) mass is 108 g/mol. The first-order valence-corrected chi connectivity index (χ1v) is 3.83. The van der Waals surface area contributed by atoms with Crippen LogP contribution in [-0.4, -0.2) is 0 Å². The molecule has 3 unspecified atom stereocenters. The smallest absolute Gasteiger partial charge is 0.0235 e. The van der Waals surface area contributed by atoms with Crippen LogP contribution in [0.5, 0.6) is 0 Å². The molecule has 3 fully saturated rings. The minimum Gasteiger partial charge on any atom is -0.0588 e. The Kier molecular flexibility index (Phi) is 0.381. The lowest BCUT2D eigenvalue weighted by Crippen LogP contribution is -2.23. The quantitative estimate of drug-likeness (QED) is 0.445. The van der Waals surface area contributed by atoms with Crippen molar-refractivity contribution in [3.05, 3.63) is 0 Å². The second-order valence-electron chi connectivity index (χ2n) is 4.09. The van der Waals surface area contributed by atoms with E-state index >= 15 is 0 Å². The van der Waals surface area contributed by atoms with E-state index in [4.69, 9.17) is 0 Å². The van der Waals surface area contributed by atoms with Crippen LogP contribution in [0.4, 0.5) is 0 Å². The number of hydrogen-bond donors (Lipinski definition) is 0. The molecule has 0 heterocycles. The van der Waals surface area contributed by atoms with Crippen LogP contribution < -0.4 is 0 Å². The summed E-state index contributed by atoms with van der Waals surface area (Å²) >= 11 is 0. The van der Waals surface area contributed by atoms with Gasteiger partial charge in [0.15, 0.2) is 0 Å². The molecule has 4 atom stereocenters. The molecular formula is C8H12. The zero-order valence-corrected chi connectivity index (χ0v) is 5.35. The average molecular weight is 108 g/mol. The number of rotatable bonds is 0. The molecule has 0 aromatic rings. The Balaban J connectivity index is 2.10. The molecule has 0 aromatic heterocycles. The Bertz CT molecular complexity index is 139. The van der Waals surface area contributed by atoms with Gasteiger partial charge in [-0.15, -0.1) is 0 Å². The van der Waals surface area contributed by atoms with Crippen molar-refractivity contribution in [3.63, 3.8) is 0 Å². The fourth-order valence-corrected chi connectivity index (χ4v) is 3.47. The first kappa shape index (κ1) is 3.92. The Morgan fingerprint density at radius 1 is 1.25 bits per heavy atom. The summed E-state index contributed by atoms with van der Waals surface area (Å²) in [6.45, 7) is 2.50. The van der Waals surface area contributed by atoms with Crippen molar-refractivity contribution in [1.29, 1.82) is 0 Å². The van der Waals surface area contributed by atoms with Gasteiger partial charge < -0.3 is 0 Å². The molecule has 0 spiro atoms. The van der Waals surface area contributed by atoms with E-state index in [1.54, 1.807) is 19.3 Å². The van der Waals surface area contributed by atoms with Gasteiger partial charge >= 0.3 is 0 Å². The molecule has 0 saturated heterocycles. The molecule has 0 bridgehead atoms. The van der Waals surface area contributed by atoms with Gasteiger partial charge in [0.25, 0.3) is 0 Å². The van der Waals surface area contributed by atoms with E-state index in [1.807, 2.05) is 0 Å². The Morgan fingerprint density at radius 3 is 2.25 bits per heavy atom. The molecule has 3 aliphatic carbocycles. The van der Waals surface area contributed by atoms with Gasteiger partial charge in [0, 0.05) is 0 Å².